The molecule has 0 spiro atoms. The predicted octanol–water partition coefficient (Wildman–Crippen LogP) is 8.17. The molecule has 2 heterocycles. The molecule has 4 heteroatoms. The lowest BCUT2D eigenvalue weighted by Crippen LogP contribution is -2.00. The van der Waals surface area contributed by atoms with Crippen molar-refractivity contribution in [2.45, 2.75) is 0 Å². The van der Waals surface area contributed by atoms with Crippen LogP contribution in [0, 0.1) is 0 Å². The second kappa shape index (κ2) is 8.85. The van der Waals surface area contributed by atoms with Gasteiger partial charge in [-0.1, -0.05) is 109 Å². The van der Waals surface area contributed by atoms with Gasteiger partial charge in [0.05, 0.1) is 5.52 Å². The van der Waals surface area contributed by atoms with Crippen LogP contribution in [0.1, 0.15) is 0 Å². The number of nitrogens with zero attached hydrogens (tertiary/aromatic N) is 3. The van der Waals surface area contributed by atoms with Crippen molar-refractivity contribution in [1.29, 1.82) is 0 Å². The van der Waals surface area contributed by atoms with E-state index in [0.29, 0.717) is 17.5 Å². The van der Waals surface area contributed by atoms with Gasteiger partial charge in [-0.2, -0.15) is 0 Å². The minimum atomic E-state index is 0.656. The maximum atomic E-state index is 4.90. The molecule has 2 aromatic heterocycles. The summed E-state index contributed by atoms with van der Waals surface area (Å²) >= 11 is 0. The summed E-state index contributed by atoms with van der Waals surface area (Å²) in [5, 5.41) is 2.33. The van der Waals surface area contributed by atoms with Crippen LogP contribution < -0.4 is 0 Å². The van der Waals surface area contributed by atoms with Crippen LogP contribution in [-0.4, -0.2) is 19.9 Å². The van der Waals surface area contributed by atoms with E-state index in [4.69, 9.17) is 15.0 Å². The molecule has 0 aliphatic carbocycles. The lowest BCUT2D eigenvalue weighted by Gasteiger charge is -2.08. The van der Waals surface area contributed by atoms with Crippen molar-refractivity contribution in [3.05, 3.63) is 127 Å². The van der Waals surface area contributed by atoms with Gasteiger partial charge in [-0.25, -0.2) is 15.0 Å². The molecular formula is C33H22N4. The molecule has 0 aliphatic heterocycles. The van der Waals surface area contributed by atoms with Crippen LogP contribution in [0.5, 0.6) is 0 Å². The van der Waals surface area contributed by atoms with Crippen LogP contribution in [0.15, 0.2) is 127 Å². The highest BCUT2D eigenvalue weighted by molar-refractivity contribution is 6.12. The van der Waals surface area contributed by atoms with Crippen LogP contribution in [0.2, 0.25) is 0 Å². The molecule has 4 nitrogen and oxygen atoms in total. The highest BCUT2D eigenvalue weighted by Gasteiger charge is 2.15. The van der Waals surface area contributed by atoms with E-state index >= 15 is 0 Å². The fourth-order valence-electron chi connectivity index (χ4n) is 4.86. The van der Waals surface area contributed by atoms with Gasteiger partial charge in [0.15, 0.2) is 17.5 Å². The average molecular weight is 475 g/mol. The largest absolute Gasteiger partial charge is 0.354 e. The number of hydrogen-bond acceptors (Lipinski definition) is 3. The molecule has 0 radical (unpaired) electrons. The molecule has 5 aromatic carbocycles. The Morgan fingerprint density at radius 3 is 1.54 bits per heavy atom. The number of aromatic nitrogens is 4. The normalized spacial score (nSPS) is 11.2. The average Bonchev–Trinajstić information content (AvgIpc) is 3.36. The zero-order chi connectivity index (χ0) is 24.6. The van der Waals surface area contributed by atoms with Gasteiger partial charge >= 0.3 is 0 Å². The first-order valence-electron chi connectivity index (χ1n) is 12.3. The van der Waals surface area contributed by atoms with Gasteiger partial charge in [-0.15, -0.1) is 0 Å². The highest BCUT2D eigenvalue weighted by atomic mass is 15.0. The molecule has 0 atom stereocenters. The number of nitrogens with one attached hydrogen (secondary N) is 1. The first kappa shape index (κ1) is 21.2. The molecule has 0 aliphatic rings. The van der Waals surface area contributed by atoms with Gasteiger partial charge in [0, 0.05) is 38.5 Å². The Balaban J connectivity index is 1.42. The van der Waals surface area contributed by atoms with E-state index in [1.807, 2.05) is 66.7 Å². The van der Waals surface area contributed by atoms with Crippen molar-refractivity contribution in [1.82, 2.24) is 19.9 Å². The van der Waals surface area contributed by atoms with Gasteiger partial charge in [0.1, 0.15) is 0 Å². The number of fused-ring (bicyclic) bond motifs is 3. The molecule has 0 fully saturated rings. The third-order valence-electron chi connectivity index (χ3n) is 6.68. The van der Waals surface area contributed by atoms with Crippen molar-refractivity contribution < 1.29 is 0 Å². The number of H-pyrrole nitrogens is 1. The van der Waals surface area contributed by atoms with Crippen molar-refractivity contribution >= 4 is 21.8 Å². The Bertz CT molecular complexity index is 1800. The summed E-state index contributed by atoms with van der Waals surface area (Å²) in [4.78, 5) is 18.3. The van der Waals surface area contributed by atoms with Gasteiger partial charge in [0.25, 0.3) is 0 Å². The molecule has 1 N–H and O–H groups in total. The SMILES string of the molecule is c1ccc(-c2nc(-c3ccccc3)nc(-c3ccc4[nH]c5c(-c6ccccc6)cccc5c4c3)n2)cc1. The van der Waals surface area contributed by atoms with Crippen LogP contribution in [-0.2, 0) is 0 Å². The number of benzene rings is 5. The third-order valence-corrected chi connectivity index (χ3v) is 6.68. The van der Waals surface area contributed by atoms with Gasteiger partial charge in [0.2, 0.25) is 0 Å². The van der Waals surface area contributed by atoms with Crippen LogP contribution >= 0.6 is 0 Å². The summed E-state index contributed by atoms with van der Waals surface area (Å²) in [5.41, 5.74) is 7.48. The maximum absolute atomic E-state index is 4.90. The fourth-order valence-corrected chi connectivity index (χ4v) is 4.86. The van der Waals surface area contributed by atoms with Crippen molar-refractivity contribution in [2.75, 3.05) is 0 Å². The minimum Gasteiger partial charge on any atom is -0.354 e. The lowest BCUT2D eigenvalue weighted by molar-refractivity contribution is 1.07. The van der Waals surface area contributed by atoms with Crippen LogP contribution in [0.4, 0.5) is 0 Å². The summed E-state index contributed by atoms with van der Waals surface area (Å²) in [7, 11) is 0. The maximum Gasteiger partial charge on any atom is 0.164 e. The summed E-state index contributed by atoms with van der Waals surface area (Å²) in [6, 6.07) is 43.4. The number of para-hydroxylation sites is 1. The highest BCUT2D eigenvalue weighted by Crippen LogP contribution is 2.35. The molecule has 7 aromatic rings. The first-order chi connectivity index (χ1) is 18.3. The molecule has 0 bridgehead atoms. The van der Waals surface area contributed by atoms with E-state index in [1.165, 1.54) is 16.5 Å². The summed E-state index contributed by atoms with van der Waals surface area (Å²) in [6.45, 7) is 0. The predicted molar refractivity (Wildman–Crippen MR) is 151 cm³/mol. The monoisotopic (exact) mass is 474 g/mol. The molecule has 174 valence electrons. The Morgan fingerprint density at radius 1 is 0.405 bits per heavy atom. The standard InChI is InChI=1S/C33H22N4/c1-4-11-22(12-5-1)26-17-10-18-27-28-21-25(19-20-29(28)34-30(26)27)33-36-31(23-13-6-2-7-14-23)35-32(37-33)24-15-8-3-9-16-24/h1-21,34H. The van der Waals surface area contributed by atoms with E-state index in [1.54, 1.807) is 0 Å². The van der Waals surface area contributed by atoms with Crippen molar-refractivity contribution in [3.63, 3.8) is 0 Å². The van der Waals surface area contributed by atoms with E-state index < -0.39 is 0 Å². The van der Waals surface area contributed by atoms with E-state index in [2.05, 4.69) is 65.6 Å². The Labute approximate surface area is 214 Å². The molecule has 0 saturated carbocycles. The zero-order valence-electron chi connectivity index (χ0n) is 20.0. The van der Waals surface area contributed by atoms with Crippen LogP contribution in [0.3, 0.4) is 0 Å². The van der Waals surface area contributed by atoms with Crippen molar-refractivity contribution in [2.24, 2.45) is 0 Å². The summed E-state index contributed by atoms with van der Waals surface area (Å²) in [6.07, 6.45) is 0. The molecule has 37 heavy (non-hydrogen) atoms. The quantitative estimate of drug-likeness (QED) is 0.280. The Kier molecular flexibility index (Phi) is 5.07. The fraction of sp³-hybridized carbons (Fsp3) is 0. The number of hydrogen-bond donors (Lipinski definition) is 1. The minimum absolute atomic E-state index is 0.656. The van der Waals surface area contributed by atoms with E-state index in [9.17, 15) is 0 Å². The molecule has 7 rings (SSSR count). The topological polar surface area (TPSA) is 54.5 Å². The van der Waals surface area contributed by atoms with E-state index in [0.717, 1.165) is 33.1 Å². The van der Waals surface area contributed by atoms with Gasteiger partial charge in [-0.05, 0) is 23.8 Å². The summed E-state index contributed by atoms with van der Waals surface area (Å²) < 4.78 is 0. The third kappa shape index (κ3) is 3.85. The Hall–Kier alpha value is -5.09. The van der Waals surface area contributed by atoms with Crippen molar-refractivity contribution in [3.8, 4) is 45.3 Å². The second-order valence-corrected chi connectivity index (χ2v) is 9.02. The second-order valence-electron chi connectivity index (χ2n) is 9.02. The lowest BCUT2D eigenvalue weighted by atomic mass is 10.0. The van der Waals surface area contributed by atoms with Gasteiger partial charge < -0.3 is 4.98 Å². The van der Waals surface area contributed by atoms with E-state index in [-0.39, 0.29) is 0 Å². The molecule has 0 amide bonds. The number of aromatic amines is 1. The Morgan fingerprint density at radius 2 is 0.946 bits per heavy atom. The zero-order valence-corrected chi connectivity index (χ0v) is 20.0. The smallest absolute Gasteiger partial charge is 0.164 e. The molecular weight excluding hydrogens is 452 g/mol. The first-order valence-corrected chi connectivity index (χ1v) is 12.3. The summed E-state index contributed by atoms with van der Waals surface area (Å²) in [5.74, 6) is 1.98. The molecule has 0 unspecified atom stereocenters. The molecule has 0 saturated heterocycles. The number of rotatable bonds is 4. The van der Waals surface area contributed by atoms with Gasteiger partial charge in [-0.3, -0.25) is 0 Å². The van der Waals surface area contributed by atoms with Crippen LogP contribution in [0.25, 0.3) is 67.1 Å².